The van der Waals surface area contributed by atoms with Gasteiger partial charge in [-0.15, -0.1) is 0 Å². The summed E-state index contributed by atoms with van der Waals surface area (Å²) in [7, 11) is 1.58. The number of ether oxygens (including phenoxy) is 1. The van der Waals surface area contributed by atoms with Crippen LogP contribution in [0.5, 0.6) is 5.88 Å². The number of rotatable bonds is 5. The van der Waals surface area contributed by atoms with Gasteiger partial charge in [0.25, 0.3) is 0 Å². The van der Waals surface area contributed by atoms with Gasteiger partial charge < -0.3 is 4.74 Å². The van der Waals surface area contributed by atoms with Gasteiger partial charge >= 0.3 is 0 Å². The van der Waals surface area contributed by atoms with E-state index in [-0.39, 0.29) is 5.78 Å². The van der Waals surface area contributed by atoms with Crippen molar-refractivity contribution < 1.29 is 9.53 Å². The maximum Gasteiger partial charge on any atom is 0.212 e. The first-order valence-electron chi connectivity index (χ1n) is 8.34. The molecule has 0 saturated carbocycles. The van der Waals surface area contributed by atoms with Crippen molar-refractivity contribution in [2.45, 2.75) is 19.3 Å². The average Bonchev–Trinajstić information content (AvgIpc) is 2.65. The van der Waals surface area contributed by atoms with Gasteiger partial charge in [0.05, 0.1) is 7.11 Å². The number of pyridine rings is 1. The van der Waals surface area contributed by atoms with Crippen molar-refractivity contribution in [3.63, 3.8) is 0 Å². The molecule has 0 aliphatic carbocycles. The van der Waals surface area contributed by atoms with Gasteiger partial charge in [-0.1, -0.05) is 58.4 Å². The molecule has 0 radical (unpaired) electrons. The normalized spacial score (nSPS) is 13.1. The number of Topliss-reactive ketones (excluding diaryl/α,β-unsaturated/α-hetero) is 1. The Kier molecular flexibility index (Phi) is 5.23. The minimum Gasteiger partial charge on any atom is -0.481 e. The van der Waals surface area contributed by atoms with E-state index in [1.165, 1.54) is 0 Å². The van der Waals surface area contributed by atoms with Gasteiger partial charge in [-0.3, -0.25) is 4.79 Å². The number of benzene rings is 2. The van der Waals surface area contributed by atoms with Crippen molar-refractivity contribution in [1.29, 1.82) is 0 Å². The van der Waals surface area contributed by atoms with Gasteiger partial charge in [-0.2, -0.15) is 0 Å². The molecule has 1 atom stereocenters. The van der Waals surface area contributed by atoms with Crippen molar-refractivity contribution in [2.24, 2.45) is 0 Å². The molecule has 1 unspecified atom stereocenters. The molecule has 3 rings (SSSR count). The summed E-state index contributed by atoms with van der Waals surface area (Å²) in [6, 6.07) is 19.6. The van der Waals surface area contributed by atoms with Crippen molar-refractivity contribution in [3.05, 3.63) is 93.6 Å². The lowest BCUT2D eigenvalue weighted by atomic mass is 9.66. The Morgan fingerprint density at radius 2 is 1.65 bits per heavy atom. The first-order chi connectivity index (χ1) is 12.5. The summed E-state index contributed by atoms with van der Waals surface area (Å²) >= 11 is 3.48. The molecule has 0 aliphatic heterocycles. The Bertz CT molecular complexity index is 920. The molecule has 0 fully saturated rings. The zero-order valence-electron chi connectivity index (χ0n) is 15.0. The van der Waals surface area contributed by atoms with Crippen LogP contribution in [0.4, 0.5) is 0 Å². The number of halogens is 1. The molecule has 0 spiro atoms. The second-order valence-electron chi connectivity index (χ2n) is 6.22. The fourth-order valence-corrected chi connectivity index (χ4v) is 3.75. The van der Waals surface area contributed by atoms with Crippen LogP contribution >= 0.6 is 15.9 Å². The quantitative estimate of drug-likeness (QED) is 0.589. The third kappa shape index (κ3) is 3.06. The van der Waals surface area contributed by atoms with Crippen LogP contribution in [0.2, 0.25) is 0 Å². The standard InChI is InChI=1S/C22H20BrNO2/c1-15-6-4-5-7-20(15)22(16(2)25,17-8-11-19(23)12-9-17)18-10-13-21(26-3)24-14-18/h4-14H,1-3H3. The molecule has 132 valence electrons. The second kappa shape index (κ2) is 7.42. The molecule has 0 aliphatic rings. The minimum atomic E-state index is -0.925. The van der Waals surface area contributed by atoms with E-state index in [1.54, 1.807) is 26.3 Å². The predicted octanol–water partition coefficient (Wildman–Crippen LogP) is 5.08. The minimum absolute atomic E-state index is 0.0427. The highest BCUT2D eigenvalue weighted by atomic mass is 79.9. The van der Waals surface area contributed by atoms with E-state index in [0.717, 1.165) is 26.7 Å². The van der Waals surface area contributed by atoms with Crippen LogP contribution in [0.25, 0.3) is 0 Å². The van der Waals surface area contributed by atoms with E-state index in [9.17, 15) is 4.79 Å². The number of aromatic nitrogens is 1. The van der Waals surface area contributed by atoms with Crippen LogP contribution in [-0.4, -0.2) is 17.9 Å². The van der Waals surface area contributed by atoms with E-state index >= 15 is 0 Å². The highest BCUT2D eigenvalue weighted by Crippen LogP contribution is 2.42. The van der Waals surface area contributed by atoms with E-state index in [4.69, 9.17) is 4.74 Å². The van der Waals surface area contributed by atoms with Crippen LogP contribution < -0.4 is 4.74 Å². The number of nitrogens with zero attached hydrogens (tertiary/aromatic N) is 1. The topological polar surface area (TPSA) is 39.2 Å². The molecule has 1 aromatic heterocycles. The van der Waals surface area contributed by atoms with Crippen molar-refractivity contribution in [3.8, 4) is 5.88 Å². The van der Waals surface area contributed by atoms with Crippen LogP contribution in [-0.2, 0) is 10.2 Å². The van der Waals surface area contributed by atoms with Crippen molar-refractivity contribution in [1.82, 2.24) is 4.98 Å². The molecule has 3 aromatic rings. The van der Waals surface area contributed by atoms with Gasteiger partial charge in [0.1, 0.15) is 11.2 Å². The Labute approximate surface area is 162 Å². The zero-order chi connectivity index (χ0) is 18.7. The average molecular weight is 410 g/mol. The fourth-order valence-electron chi connectivity index (χ4n) is 3.49. The summed E-state index contributed by atoms with van der Waals surface area (Å²) < 4.78 is 6.16. The van der Waals surface area contributed by atoms with Crippen LogP contribution in [0.3, 0.4) is 0 Å². The number of methoxy groups -OCH3 is 1. The number of ketones is 1. The fraction of sp³-hybridized carbons (Fsp3) is 0.182. The van der Waals surface area contributed by atoms with Gasteiger partial charge in [0.2, 0.25) is 5.88 Å². The third-order valence-electron chi connectivity index (χ3n) is 4.73. The van der Waals surface area contributed by atoms with Gasteiger partial charge in [-0.25, -0.2) is 4.98 Å². The summed E-state index contributed by atoms with van der Waals surface area (Å²) in [5, 5.41) is 0. The lowest BCUT2D eigenvalue weighted by molar-refractivity contribution is -0.119. The SMILES string of the molecule is COc1ccc(C(C(C)=O)(c2ccc(Br)cc2)c2ccccc2C)cn1. The maximum absolute atomic E-state index is 13.2. The molecule has 1 heterocycles. The van der Waals surface area contributed by atoms with E-state index in [0.29, 0.717) is 5.88 Å². The molecular weight excluding hydrogens is 390 g/mol. The number of aryl methyl sites for hydroxylation is 1. The lowest BCUT2D eigenvalue weighted by Gasteiger charge is -2.34. The number of carbonyl (C=O) groups is 1. The van der Waals surface area contributed by atoms with Gasteiger partial charge in [0, 0.05) is 16.7 Å². The molecule has 0 N–H and O–H groups in total. The number of hydrogen-bond acceptors (Lipinski definition) is 3. The largest absolute Gasteiger partial charge is 0.481 e. The monoisotopic (exact) mass is 409 g/mol. The smallest absolute Gasteiger partial charge is 0.212 e. The summed E-state index contributed by atoms with van der Waals surface area (Å²) in [4.78, 5) is 17.5. The first-order valence-corrected chi connectivity index (χ1v) is 9.13. The Morgan fingerprint density at radius 3 is 2.19 bits per heavy atom. The Morgan fingerprint density at radius 1 is 1.00 bits per heavy atom. The summed E-state index contributed by atoms with van der Waals surface area (Å²) in [6.07, 6.45) is 1.73. The third-order valence-corrected chi connectivity index (χ3v) is 5.26. The molecule has 0 bridgehead atoms. The first kappa shape index (κ1) is 18.3. The highest BCUT2D eigenvalue weighted by Gasteiger charge is 2.42. The van der Waals surface area contributed by atoms with Crippen LogP contribution in [0, 0.1) is 6.92 Å². The zero-order valence-corrected chi connectivity index (χ0v) is 16.6. The highest BCUT2D eigenvalue weighted by molar-refractivity contribution is 9.10. The van der Waals surface area contributed by atoms with E-state index < -0.39 is 5.41 Å². The molecule has 26 heavy (non-hydrogen) atoms. The molecule has 3 nitrogen and oxygen atoms in total. The Balaban J connectivity index is 2.37. The van der Waals surface area contributed by atoms with E-state index in [2.05, 4.69) is 20.9 Å². The van der Waals surface area contributed by atoms with Crippen LogP contribution in [0.15, 0.2) is 71.3 Å². The molecular formula is C22H20BrNO2. The molecule has 0 amide bonds. The predicted molar refractivity (Wildman–Crippen MR) is 107 cm³/mol. The summed E-state index contributed by atoms with van der Waals surface area (Å²) in [6.45, 7) is 3.67. The number of hydrogen-bond donors (Lipinski definition) is 0. The van der Waals surface area contributed by atoms with E-state index in [1.807, 2.05) is 61.5 Å². The van der Waals surface area contributed by atoms with Crippen molar-refractivity contribution in [2.75, 3.05) is 7.11 Å². The van der Waals surface area contributed by atoms with Gasteiger partial charge in [0.15, 0.2) is 0 Å². The Hall–Kier alpha value is -2.46. The maximum atomic E-state index is 13.2. The summed E-state index contributed by atoms with van der Waals surface area (Å²) in [5.74, 6) is 0.563. The second-order valence-corrected chi connectivity index (χ2v) is 7.13. The van der Waals surface area contributed by atoms with Crippen molar-refractivity contribution >= 4 is 21.7 Å². The van der Waals surface area contributed by atoms with Crippen LogP contribution in [0.1, 0.15) is 29.2 Å². The van der Waals surface area contributed by atoms with Gasteiger partial charge in [-0.05, 0) is 48.2 Å². The molecule has 0 saturated heterocycles. The lowest BCUT2D eigenvalue weighted by Crippen LogP contribution is -2.37. The summed E-state index contributed by atoms with van der Waals surface area (Å²) in [5.41, 5.74) is 2.82. The number of carbonyl (C=O) groups excluding carboxylic acids is 1. The molecule has 4 heteroatoms. The molecule has 2 aromatic carbocycles.